The summed E-state index contributed by atoms with van der Waals surface area (Å²) >= 11 is 0. The van der Waals surface area contributed by atoms with E-state index in [0.29, 0.717) is 0 Å². The molecule has 254 valence electrons. The molecule has 10 aromatic rings. The zero-order valence-corrected chi connectivity index (χ0v) is 29.8. The molecule has 0 fully saturated rings. The van der Waals surface area contributed by atoms with E-state index in [1.807, 2.05) is 6.08 Å². The van der Waals surface area contributed by atoms with E-state index in [9.17, 15) is 0 Å². The van der Waals surface area contributed by atoms with E-state index in [-0.39, 0.29) is 0 Å². The highest BCUT2D eigenvalue weighted by molar-refractivity contribution is 6.19. The van der Waals surface area contributed by atoms with Crippen LogP contribution >= 0.6 is 0 Å². The third kappa shape index (κ3) is 4.36. The lowest BCUT2D eigenvalue weighted by atomic mass is 9.93. The first-order valence-corrected chi connectivity index (χ1v) is 18.6. The highest BCUT2D eigenvalue weighted by Gasteiger charge is 2.22. The van der Waals surface area contributed by atoms with E-state index in [1.165, 1.54) is 105 Å². The Hall–Kier alpha value is -7.10. The minimum Gasteiger partial charge on any atom is -0.405 e. The highest BCUT2D eigenvalue weighted by Crippen LogP contribution is 2.46. The summed E-state index contributed by atoms with van der Waals surface area (Å²) in [6.45, 7) is 2.20. The molecule has 0 saturated carbocycles. The van der Waals surface area contributed by atoms with Gasteiger partial charge in [-0.05, 0) is 135 Å². The maximum Gasteiger partial charge on any atom is 0.0547 e. The molecule has 0 spiro atoms. The number of allylic oxidation sites excluding steroid dienone is 3. The van der Waals surface area contributed by atoms with Crippen molar-refractivity contribution < 1.29 is 0 Å². The van der Waals surface area contributed by atoms with Crippen molar-refractivity contribution in [1.29, 1.82) is 0 Å². The lowest BCUT2D eigenvalue weighted by Gasteiger charge is -2.12. The number of rotatable bonds is 5. The van der Waals surface area contributed by atoms with Gasteiger partial charge in [-0.3, -0.25) is 0 Å². The van der Waals surface area contributed by atoms with E-state index in [1.54, 1.807) is 6.20 Å². The van der Waals surface area contributed by atoms with Gasteiger partial charge >= 0.3 is 0 Å². The summed E-state index contributed by atoms with van der Waals surface area (Å²) in [5.74, 6) is 0. The second-order valence-electron chi connectivity index (χ2n) is 14.3. The van der Waals surface area contributed by atoms with E-state index in [2.05, 4.69) is 186 Å². The average Bonchev–Trinajstić information content (AvgIpc) is 3.84. The molecule has 0 radical (unpaired) electrons. The molecule has 11 rings (SSSR count). The Kier molecular flexibility index (Phi) is 6.62. The predicted octanol–water partition coefficient (Wildman–Crippen LogP) is 13.1. The summed E-state index contributed by atoms with van der Waals surface area (Å²) in [5.41, 5.74) is 22.9. The molecule has 0 atom stereocenters. The highest BCUT2D eigenvalue weighted by atomic mass is 15.0. The summed E-state index contributed by atoms with van der Waals surface area (Å²) in [5, 5.41) is 7.55. The molecule has 2 heterocycles. The van der Waals surface area contributed by atoms with Crippen LogP contribution in [0.1, 0.15) is 18.1 Å². The second kappa shape index (κ2) is 11.7. The van der Waals surface area contributed by atoms with E-state index >= 15 is 0 Å². The van der Waals surface area contributed by atoms with Crippen LogP contribution in [0, 0.1) is 0 Å². The molecule has 8 aromatic carbocycles. The van der Waals surface area contributed by atoms with E-state index < -0.39 is 0 Å². The molecular formula is C51H35N3. The smallest absolute Gasteiger partial charge is 0.0547 e. The Bertz CT molecular complexity index is 3210. The monoisotopic (exact) mass is 689 g/mol. The van der Waals surface area contributed by atoms with Crippen molar-refractivity contribution in [2.45, 2.75) is 6.92 Å². The maximum atomic E-state index is 5.89. The molecule has 0 amide bonds. The Morgan fingerprint density at radius 1 is 0.407 bits per heavy atom. The number of hydrogen-bond acceptors (Lipinski definition) is 1. The Morgan fingerprint density at radius 3 is 1.65 bits per heavy atom. The number of para-hydroxylation sites is 3. The fourth-order valence-electron chi connectivity index (χ4n) is 9.08. The summed E-state index contributed by atoms with van der Waals surface area (Å²) in [4.78, 5) is 0. The number of aromatic nitrogens is 2. The van der Waals surface area contributed by atoms with Gasteiger partial charge in [0.2, 0.25) is 0 Å². The van der Waals surface area contributed by atoms with E-state index in [4.69, 9.17) is 5.73 Å². The topological polar surface area (TPSA) is 35.9 Å². The van der Waals surface area contributed by atoms with Gasteiger partial charge in [0.05, 0.1) is 22.1 Å². The van der Waals surface area contributed by atoms with Crippen LogP contribution in [0.4, 0.5) is 0 Å². The van der Waals surface area contributed by atoms with Gasteiger partial charge in [-0.2, -0.15) is 0 Å². The van der Waals surface area contributed by atoms with Gasteiger partial charge in [0.1, 0.15) is 0 Å². The SMILES string of the molecule is CC1=C(/C=C\N)c2ccc(-c3ccc4c5cc(-c6ccc7c(c6)c6ccccc6n7-c6ccccc6)ccc5n(-c5ccccc5)c4c3)c3cccc1c23. The molecule has 2 aromatic heterocycles. The van der Waals surface area contributed by atoms with Crippen LogP contribution in [0.2, 0.25) is 0 Å². The quantitative estimate of drug-likeness (QED) is 0.192. The summed E-state index contributed by atoms with van der Waals surface area (Å²) in [7, 11) is 0. The van der Waals surface area contributed by atoms with Crippen molar-refractivity contribution in [3.63, 3.8) is 0 Å². The largest absolute Gasteiger partial charge is 0.405 e. The fraction of sp³-hybridized carbons (Fsp3) is 0.0196. The molecular weight excluding hydrogens is 655 g/mol. The molecule has 54 heavy (non-hydrogen) atoms. The standard InChI is InChI=1S/C51H35N3/c1-32-38(27-28-52)44-24-23-40(43-17-10-16-39(32)51(43)44)35-19-22-42-46-30-34(21-26-49(46)54(50(42)31-35)37-13-6-3-7-14-37)33-20-25-48-45(29-33)41-15-8-9-18-47(41)53(48)36-11-4-2-5-12-36/h2-31H,52H2,1H3/b28-27-. The predicted molar refractivity (Wildman–Crippen MR) is 229 cm³/mol. The molecule has 1 aliphatic rings. The van der Waals surface area contributed by atoms with Gasteiger partial charge < -0.3 is 14.9 Å². The average molecular weight is 690 g/mol. The molecule has 0 unspecified atom stereocenters. The normalized spacial score (nSPS) is 12.8. The van der Waals surface area contributed by atoms with Gasteiger partial charge in [-0.15, -0.1) is 0 Å². The minimum absolute atomic E-state index is 1.15. The Labute approximate surface area is 313 Å². The molecule has 1 aliphatic carbocycles. The molecule has 0 saturated heterocycles. The van der Waals surface area contributed by atoms with Crippen LogP contribution in [0.5, 0.6) is 0 Å². The van der Waals surface area contributed by atoms with Crippen molar-refractivity contribution in [3.8, 4) is 33.6 Å². The van der Waals surface area contributed by atoms with Gasteiger partial charge in [-0.25, -0.2) is 0 Å². The molecule has 0 aliphatic heterocycles. The molecule has 3 nitrogen and oxygen atoms in total. The van der Waals surface area contributed by atoms with Crippen LogP contribution in [0.3, 0.4) is 0 Å². The van der Waals surface area contributed by atoms with Crippen LogP contribution < -0.4 is 5.73 Å². The van der Waals surface area contributed by atoms with Crippen LogP contribution in [0.25, 0.3) is 99.2 Å². The van der Waals surface area contributed by atoms with Crippen LogP contribution in [-0.4, -0.2) is 9.13 Å². The van der Waals surface area contributed by atoms with Crippen LogP contribution in [-0.2, 0) is 0 Å². The first kappa shape index (κ1) is 30.5. The number of benzene rings is 8. The van der Waals surface area contributed by atoms with Gasteiger partial charge in [0, 0.05) is 32.9 Å². The lowest BCUT2D eigenvalue weighted by Crippen LogP contribution is -1.94. The van der Waals surface area contributed by atoms with Crippen LogP contribution in [0.15, 0.2) is 182 Å². The first-order chi connectivity index (χ1) is 26.7. The maximum absolute atomic E-state index is 5.89. The number of hydrogen-bond donors (Lipinski definition) is 1. The zero-order valence-electron chi connectivity index (χ0n) is 29.8. The van der Waals surface area contributed by atoms with Crippen molar-refractivity contribution in [3.05, 3.63) is 193 Å². The zero-order chi connectivity index (χ0) is 35.9. The first-order valence-electron chi connectivity index (χ1n) is 18.6. The molecule has 3 heteroatoms. The Morgan fingerprint density at radius 2 is 0.963 bits per heavy atom. The third-order valence-electron chi connectivity index (χ3n) is 11.5. The Balaban J connectivity index is 1.10. The lowest BCUT2D eigenvalue weighted by molar-refractivity contribution is 1.18. The van der Waals surface area contributed by atoms with Gasteiger partial charge in [-0.1, -0.05) is 109 Å². The summed E-state index contributed by atoms with van der Waals surface area (Å²) in [6, 6.07) is 62.2. The molecule has 0 bridgehead atoms. The van der Waals surface area contributed by atoms with E-state index in [0.717, 1.165) is 5.69 Å². The van der Waals surface area contributed by atoms with Crippen molar-refractivity contribution in [1.82, 2.24) is 9.13 Å². The van der Waals surface area contributed by atoms with Gasteiger partial charge in [0.25, 0.3) is 0 Å². The summed E-state index contributed by atoms with van der Waals surface area (Å²) in [6.07, 6.45) is 3.68. The molecule has 2 N–H and O–H groups in total. The van der Waals surface area contributed by atoms with Crippen molar-refractivity contribution >= 4 is 65.5 Å². The van der Waals surface area contributed by atoms with Crippen molar-refractivity contribution in [2.75, 3.05) is 0 Å². The van der Waals surface area contributed by atoms with Crippen molar-refractivity contribution in [2.24, 2.45) is 5.73 Å². The summed E-state index contributed by atoms with van der Waals surface area (Å²) < 4.78 is 4.79. The number of nitrogens with two attached hydrogens (primary N) is 1. The third-order valence-corrected chi connectivity index (χ3v) is 11.5. The van der Waals surface area contributed by atoms with Gasteiger partial charge in [0.15, 0.2) is 0 Å². The number of fused-ring (bicyclic) bond motifs is 6. The fourth-order valence-corrected chi connectivity index (χ4v) is 9.08. The number of nitrogens with zero attached hydrogens (tertiary/aromatic N) is 2. The minimum atomic E-state index is 1.15. The second-order valence-corrected chi connectivity index (χ2v) is 14.3.